The van der Waals surface area contributed by atoms with E-state index in [2.05, 4.69) is 20.8 Å². The molecule has 6 nitrogen and oxygen atoms in total. The van der Waals surface area contributed by atoms with Gasteiger partial charge in [0.1, 0.15) is 0 Å². The van der Waals surface area contributed by atoms with E-state index in [1.54, 1.807) is 0 Å². The first-order valence-corrected chi connectivity index (χ1v) is 7.41. The van der Waals surface area contributed by atoms with Gasteiger partial charge in [0, 0.05) is 28.3 Å². The highest BCUT2D eigenvalue weighted by atomic mass is 32.2. The van der Waals surface area contributed by atoms with Crippen LogP contribution in [0.3, 0.4) is 0 Å². The van der Waals surface area contributed by atoms with Gasteiger partial charge >= 0.3 is 6.01 Å². The number of anilines is 1. The average molecular weight is 258 g/mol. The van der Waals surface area contributed by atoms with Crippen molar-refractivity contribution in [2.75, 3.05) is 23.4 Å². The SMILES string of the molecule is CCNCc1nnc(NC2CCS(=O)CC2)o1. The van der Waals surface area contributed by atoms with Crippen LogP contribution in [0.1, 0.15) is 25.7 Å². The fourth-order valence-corrected chi connectivity index (χ4v) is 3.03. The molecule has 0 amide bonds. The van der Waals surface area contributed by atoms with Crippen LogP contribution in [-0.2, 0) is 17.3 Å². The molecule has 0 aliphatic carbocycles. The molecular formula is C10H18N4O2S. The number of nitrogens with one attached hydrogen (secondary N) is 2. The Morgan fingerprint density at radius 2 is 2.18 bits per heavy atom. The van der Waals surface area contributed by atoms with Crippen LogP contribution in [0.5, 0.6) is 0 Å². The van der Waals surface area contributed by atoms with Crippen LogP contribution in [-0.4, -0.2) is 38.5 Å². The van der Waals surface area contributed by atoms with Crippen molar-refractivity contribution >= 4 is 16.8 Å². The van der Waals surface area contributed by atoms with Crippen LogP contribution in [0.15, 0.2) is 4.42 Å². The van der Waals surface area contributed by atoms with Gasteiger partial charge < -0.3 is 15.1 Å². The van der Waals surface area contributed by atoms with Crippen molar-refractivity contribution in [1.82, 2.24) is 15.5 Å². The lowest BCUT2D eigenvalue weighted by molar-refractivity contribution is 0.473. The van der Waals surface area contributed by atoms with Crippen molar-refractivity contribution in [3.8, 4) is 0 Å². The lowest BCUT2D eigenvalue weighted by Gasteiger charge is -2.21. The standard InChI is InChI=1S/C10H18N4O2S/c1-2-11-7-9-13-14-10(16-9)12-8-3-5-17(15)6-4-8/h8,11H,2-7H2,1H3,(H,12,14). The van der Waals surface area contributed by atoms with E-state index in [4.69, 9.17) is 4.42 Å². The summed E-state index contributed by atoms with van der Waals surface area (Å²) >= 11 is 0. The first kappa shape index (κ1) is 12.5. The number of aromatic nitrogens is 2. The molecule has 0 atom stereocenters. The summed E-state index contributed by atoms with van der Waals surface area (Å²) in [4.78, 5) is 0. The number of hydrogen-bond donors (Lipinski definition) is 2. The zero-order chi connectivity index (χ0) is 12.1. The van der Waals surface area contributed by atoms with Gasteiger partial charge in [0.05, 0.1) is 6.54 Å². The predicted molar refractivity (Wildman–Crippen MR) is 66.2 cm³/mol. The second-order valence-corrected chi connectivity index (χ2v) is 5.74. The summed E-state index contributed by atoms with van der Waals surface area (Å²) in [7, 11) is -0.635. The third-order valence-electron chi connectivity index (χ3n) is 2.71. The molecule has 0 saturated carbocycles. The summed E-state index contributed by atoms with van der Waals surface area (Å²) in [5.41, 5.74) is 0. The van der Waals surface area contributed by atoms with Gasteiger partial charge in [-0.1, -0.05) is 12.0 Å². The topological polar surface area (TPSA) is 80.0 Å². The minimum Gasteiger partial charge on any atom is -0.407 e. The Balaban J connectivity index is 1.82. The second kappa shape index (κ2) is 6.11. The molecule has 0 bridgehead atoms. The highest BCUT2D eigenvalue weighted by Crippen LogP contribution is 2.15. The van der Waals surface area contributed by atoms with Gasteiger partial charge in [0.25, 0.3) is 0 Å². The summed E-state index contributed by atoms with van der Waals surface area (Å²) in [6.07, 6.45) is 1.80. The second-order valence-electron chi connectivity index (χ2n) is 4.05. The van der Waals surface area contributed by atoms with Crippen molar-refractivity contribution in [1.29, 1.82) is 0 Å². The number of hydrogen-bond acceptors (Lipinski definition) is 6. The molecular weight excluding hydrogens is 240 g/mol. The molecule has 96 valence electrons. The van der Waals surface area contributed by atoms with Crippen LogP contribution in [0.4, 0.5) is 6.01 Å². The van der Waals surface area contributed by atoms with E-state index in [-0.39, 0.29) is 0 Å². The molecule has 1 aromatic rings. The Morgan fingerprint density at radius 1 is 1.41 bits per heavy atom. The molecule has 0 spiro atoms. The summed E-state index contributed by atoms with van der Waals surface area (Å²) < 4.78 is 16.7. The lowest BCUT2D eigenvalue weighted by atomic mass is 10.2. The molecule has 1 aliphatic rings. The van der Waals surface area contributed by atoms with Gasteiger partial charge in [-0.05, 0) is 19.4 Å². The van der Waals surface area contributed by atoms with E-state index < -0.39 is 10.8 Å². The van der Waals surface area contributed by atoms with Gasteiger partial charge in [-0.2, -0.15) is 0 Å². The maximum absolute atomic E-state index is 11.2. The smallest absolute Gasteiger partial charge is 0.315 e. The van der Waals surface area contributed by atoms with Gasteiger partial charge in [0.2, 0.25) is 5.89 Å². The van der Waals surface area contributed by atoms with Crippen LogP contribution >= 0.6 is 0 Å². The zero-order valence-electron chi connectivity index (χ0n) is 9.94. The third kappa shape index (κ3) is 3.78. The van der Waals surface area contributed by atoms with Gasteiger partial charge in [0.15, 0.2) is 0 Å². The first-order valence-electron chi connectivity index (χ1n) is 5.92. The van der Waals surface area contributed by atoms with E-state index in [1.165, 1.54) is 0 Å². The fraction of sp³-hybridized carbons (Fsp3) is 0.800. The average Bonchev–Trinajstić information content (AvgIpc) is 2.77. The molecule has 7 heteroatoms. The largest absolute Gasteiger partial charge is 0.407 e. The Labute approximate surface area is 103 Å². The van der Waals surface area contributed by atoms with E-state index in [0.717, 1.165) is 30.9 Å². The monoisotopic (exact) mass is 258 g/mol. The van der Waals surface area contributed by atoms with Crippen LogP contribution in [0.25, 0.3) is 0 Å². The molecule has 2 N–H and O–H groups in total. The van der Waals surface area contributed by atoms with Crippen molar-refractivity contribution in [3.05, 3.63) is 5.89 Å². The zero-order valence-corrected chi connectivity index (χ0v) is 10.8. The predicted octanol–water partition coefficient (Wildman–Crippen LogP) is 0.502. The maximum atomic E-state index is 11.2. The highest BCUT2D eigenvalue weighted by Gasteiger charge is 2.19. The summed E-state index contributed by atoms with van der Waals surface area (Å²) in [5, 5.41) is 14.2. The van der Waals surface area contributed by atoms with Crippen LogP contribution < -0.4 is 10.6 Å². The summed E-state index contributed by atoms with van der Waals surface area (Å²) in [6.45, 7) is 3.50. The fourth-order valence-electron chi connectivity index (χ4n) is 1.73. The molecule has 1 aliphatic heterocycles. The Bertz CT molecular complexity index is 372. The van der Waals surface area contributed by atoms with Crippen molar-refractivity contribution in [2.24, 2.45) is 0 Å². The van der Waals surface area contributed by atoms with Crippen LogP contribution in [0.2, 0.25) is 0 Å². The van der Waals surface area contributed by atoms with Gasteiger partial charge in [-0.25, -0.2) is 0 Å². The Kier molecular flexibility index (Phi) is 4.49. The summed E-state index contributed by atoms with van der Waals surface area (Å²) in [5.74, 6) is 2.11. The van der Waals surface area contributed by atoms with Gasteiger partial charge in [-0.3, -0.25) is 4.21 Å². The number of nitrogens with zero attached hydrogens (tertiary/aromatic N) is 2. The highest BCUT2D eigenvalue weighted by molar-refractivity contribution is 7.85. The minimum atomic E-state index is -0.635. The molecule has 2 heterocycles. The van der Waals surface area contributed by atoms with Gasteiger partial charge in [-0.15, -0.1) is 5.10 Å². The van der Waals surface area contributed by atoms with E-state index in [1.807, 2.05) is 6.92 Å². The first-order chi connectivity index (χ1) is 8.28. The summed E-state index contributed by atoms with van der Waals surface area (Å²) in [6, 6.07) is 0.774. The molecule has 1 aromatic heterocycles. The molecule has 1 fully saturated rings. The normalized spacial score (nSPS) is 24.8. The van der Waals surface area contributed by atoms with E-state index in [9.17, 15) is 4.21 Å². The third-order valence-corrected chi connectivity index (χ3v) is 4.09. The number of rotatable bonds is 5. The molecule has 0 aromatic carbocycles. The van der Waals surface area contributed by atoms with Crippen molar-refractivity contribution in [2.45, 2.75) is 32.4 Å². The Hall–Kier alpha value is -0.950. The van der Waals surface area contributed by atoms with E-state index in [0.29, 0.717) is 24.5 Å². The minimum absolute atomic E-state index is 0.306. The molecule has 2 rings (SSSR count). The molecule has 0 radical (unpaired) electrons. The van der Waals surface area contributed by atoms with E-state index >= 15 is 0 Å². The molecule has 0 unspecified atom stereocenters. The van der Waals surface area contributed by atoms with Crippen molar-refractivity contribution in [3.63, 3.8) is 0 Å². The molecule has 1 saturated heterocycles. The Morgan fingerprint density at radius 3 is 2.88 bits per heavy atom. The lowest BCUT2D eigenvalue weighted by Crippen LogP contribution is -2.29. The molecule has 17 heavy (non-hydrogen) atoms. The quantitative estimate of drug-likeness (QED) is 0.800. The van der Waals surface area contributed by atoms with Crippen LogP contribution in [0, 0.1) is 0 Å². The van der Waals surface area contributed by atoms with Crippen molar-refractivity contribution < 1.29 is 8.63 Å². The maximum Gasteiger partial charge on any atom is 0.315 e.